The molecule has 7 heteroatoms. The number of nitrogens with zero attached hydrogens (tertiary/aromatic N) is 4. The standard InChI is InChI=1S/C24H30N4O3/c1-18(2)30-17-20-9-10-21(31-20)24(29)28-15-13-27(14-16-28)22(19-7-5-4-6-8-19)23-25-11-12-26(23)3/h4-12,18,22H,13-17H2,1-3H3/t22-/m1/s1. The summed E-state index contributed by atoms with van der Waals surface area (Å²) in [5.41, 5.74) is 1.21. The number of furan rings is 1. The molecule has 1 fully saturated rings. The third-order valence-corrected chi connectivity index (χ3v) is 5.62. The zero-order valence-corrected chi connectivity index (χ0v) is 18.4. The fourth-order valence-electron chi connectivity index (χ4n) is 3.96. The highest BCUT2D eigenvalue weighted by Gasteiger charge is 2.31. The Bertz CT molecular complexity index is 987. The van der Waals surface area contributed by atoms with Gasteiger partial charge in [0.05, 0.1) is 12.1 Å². The number of aryl methyl sites for hydroxylation is 1. The van der Waals surface area contributed by atoms with Crippen LogP contribution in [0.25, 0.3) is 0 Å². The van der Waals surface area contributed by atoms with E-state index >= 15 is 0 Å². The maximum Gasteiger partial charge on any atom is 0.289 e. The van der Waals surface area contributed by atoms with Crippen molar-refractivity contribution in [2.75, 3.05) is 26.2 Å². The lowest BCUT2D eigenvalue weighted by atomic mass is 10.0. The van der Waals surface area contributed by atoms with Crippen LogP contribution in [0.3, 0.4) is 0 Å². The average Bonchev–Trinajstić information content (AvgIpc) is 3.43. The van der Waals surface area contributed by atoms with E-state index in [0.29, 0.717) is 31.2 Å². The van der Waals surface area contributed by atoms with Crippen molar-refractivity contribution in [1.29, 1.82) is 0 Å². The molecule has 0 spiro atoms. The van der Waals surface area contributed by atoms with E-state index in [1.165, 1.54) is 5.56 Å². The predicted octanol–water partition coefficient (Wildman–Crippen LogP) is 3.49. The smallest absolute Gasteiger partial charge is 0.289 e. The molecule has 1 aliphatic heterocycles. The molecule has 3 aromatic rings. The Hall–Kier alpha value is -2.90. The Kier molecular flexibility index (Phi) is 6.53. The molecule has 7 nitrogen and oxygen atoms in total. The quantitative estimate of drug-likeness (QED) is 0.583. The van der Waals surface area contributed by atoms with Crippen LogP contribution in [0.15, 0.2) is 59.3 Å². The van der Waals surface area contributed by atoms with E-state index in [4.69, 9.17) is 9.15 Å². The average molecular weight is 423 g/mol. The summed E-state index contributed by atoms with van der Waals surface area (Å²) < 4.78 is 13.4. The van der Waals surface area contributed by atoms with Gasteiger partial charge in [-0.15, -0.1) is 0 Å². The second kappa shape index (κ2) is 9.49. The van der Waals surface area contributed by atoms with Crippen molar-refractivity contribution in [3.63, 3.8) is 0 Å². The van der Waals surface area contributed by atoms with Crippen LogP contribution in [0, 0.1) is 0 Å². The van der Waals surface area contributed by atoms with Gasteiger partial charge in [0, 0.05) is 45.6 Å². The van der Waals surface area contributed by atoms with Crippen LogP contribution >= 0.6 is 0 Å². The largest absolute Gasteiger partial charge is 0.453 e. The van der Waals surface area contributed by atoms with Gasteiger partial charge in [-0.25, -0.2) is 4.98 Å². The van der Waals surface area contributed by atoms with Crippen LogP contribution < -0.4 is 0 Å². The molecule has 1 aliphatic rings. The molecular weight excluding hydrogens is 392 g/mol. The van der Waals surface area contributed by atoms with Gasteiger partial charge in [0.1, 0.15) is 18.2 Å². The van der Waals surface area contributed by atoms with Crippen LogP contribution in [0.5, 0.6) is 0 Å². The van der Waals surface area contributed by atoms with Gasteiger partial charge in [0.2, 0.25) is 0 Å². The summed E-state index contributed by atoms with van der Waals surface area (Å²) in [7, 11) is 2.02. The fraction of sp³-hybridized carbons (Fsp3) is 0.417. The van der Waals surface area contributed by atoms with Crippen molar-refractivity contribution in [2.45, 2.75) is 32.6 Å². The van der Waals surface area contributed by atoms with Gasteiger partial charge in [0.15, 0.2) is 5.76 Å². The third kappa shape index (κ3) is 4.89. The van der Waals surface area contributed by atoms with Crippen molar-refractivity contribution < 1.29 is 13.9 Å². The van der Waals surface area contributed by atoms with Gasteiger partial charge in [-0.3, -0.25) is 9.69 Å². The van der Waals surface area contributed by atoms with Gasteiger partial charge < -0.3 is 18.6 Å². The van der Waals surface area contributed by atoms with Crippen LogP contribution in [-0.2, 0) is 18.4 Å². The summed E-state index contributed by atoms with van der Waals surface area (Å²) >= 11 is 0. The molecule has 3 heterocycles. The number of hydrogen-bond donors (Lipinski definition) is 0. The monoisotopic (exact) mass is 422 g/mol. The Morgan fingerprint density at radius 3 is 2.48 bits per heavy atom. The number of benzene rings is 1. The maximum atomic E-state index is 12.9. The van der Waals surface area contributed by atoms with Gasteiger partial charge in [0.25, 0.3) is 5.91 Å². The van der Waals surface area contributed by atoms with E-state index in [2.05, 4.69) is 38.7 Å². The number of carbonyl (C=O) groups excluding carboxylic acids is 1. The summed E-state index contributed by atoms with van der Waals surface area (Å²) in [6.07, 6.45) is 3.93. The molecule has 0 unspecified atom stereocenters. The molecule has 0 saturated carbocycles. The van der Waals surface area contributed by atoms with E-state index in [1.807, 2.05) is 50.3 Å². The highest BCUT2D eigenvalue weighted by Crippen LogP contribution is 2.28. The minimum absolute atomic E-state index is 0.0573. The number of carbonyl (C=O) groups is 1. The fourth-order valence-corrected chi connectivity index (χ4v) is 3.96. The van der Waals surface area contributed by atoms with E-state index in [-0.39, 0.29) is 18.1 Å². The van der Waals surface area contributed by atoms with Crippen LogP contribution in [0.2, 0.25) is 0 Å². The number of rotatable bonds is 7. The van der Waals surface area contributed by atoms with E-state index in [0.717, 1.165) is 18.9 Å². The maximum absolute atomic E-state index is 12.9. The minimum atomic E-state index is -0.0660. The molecule has 4 rings (SSSR count). The van der Waals surface area contributed by atoms with Crippen LogP contribution in [-0.4, -0.2) is 57.5 Å². The second-order valence-electron chi connectivity index (χ2n) is 8.16. The summed E-state index contributed by atoms with van der Waals surface area (Å²) in [4.78, 5) is 21.8. The number of hydrogen-bond acceptors (Lipinski definition) is 5. The van der Waals surface area contributed by atoms with Crippen molar-refractivity contribution in [2.24, 2.45) is 7.05 Å². The van der Waals surface area contributed by atoms with Gasteiger partial charge >= 0.3 is 0 Å². The Balaban J connectivity index is 1.43. The van der Waals surface area contributed by atoms with E-state index < -0.39 is 0 Å². The number of imidazole rings is 1. The molecule has 0 bridgehead atoms. The van der Waals surface area contributed by atoms with Crippen molar-refractivity contribution in [3.05, 3.63) is 77.8 Å². The molecule has 1 amide bonds. The number of amides is 1. The molecule has 1 saturated heterocycles. The minimum Gasteiger partial charge on any atom is -0.453 e. The molecule has 1 aromatic carbocycles. The number of aromatic nitrogens is 2. The molecular formula is C24H30N4O3. The SMILES string of the molecule is CC(C)OCc1ccc(C(=O)N2CCN([C@H](c3ccccc3)c3nccn3C)CC2)o1. The van der Waals surface area contributed by atoms with Gasteiger partial charge in [-0.05, 0) is 31.5 Å². The predicted molar refractivity (Wildman–Crippen MR) is 118 cm³/mol. The molecule has 0 aliphatic carbocycles. The zero-order chi connectivity index (χ0) is 21.8. The second-order valence-corrected chi connectivity index (χ2v) is 8.16. The topological polar surface area (TPSA) is 63.7 Å². The highest BCUT2D eigenvalue weighted by molar-refractivity contribution is 5.91. The number of ether oxygens (including phenoxy) is 1. The lowest BCUT2D eigenvalue weighted by Gasteiger charge is -2.39. The Morgan fingerprint density at radius 1 is 1.10 bits per heavy atom. The lowest BCUT2D eigenvalue weighted by Crippen LogP contribution is -2.50. The number of piperazine rings is 1. The van der Waals surface area contributed by atoms with Crippen molar-refractivity contribution in [3.8, 4) is 0 Å². The van der Waals surface area contributed by atoms with Gasteiger partial charge in [-0.2, -0.15) is 0 Å². The Morgan fingerprint density at radius 2 is 1.84 bits per heavy atom. The summed E-state index contributed by atoms with van der Waals surface area (Å²) in [6.45, 7) is 7.14. The summed E-state index contributed by atoms with van der Waals surface area (Å²) in [5, 5.41) is 0. The van der Waals surface area contributed by atoms with E-state index in [9.17, 15) is 4.79 Å². The third-order valence-electron chi connectivity index (χ3n) is 5.62. The molecule has 164 valence electrons. The Labute approximate surface area is 183 Å². The molecule has 0 radical (unpaired) electrons. The highest BCUT2D eigenvalue weighted by atomic mass is 16.5. The van der Waals surface area contributed by atoms with Crippen LogP contribution in [0.4, 0.5) is 0 Å². The first-order chi connectivity index (χ1) is 15.0. The molecule has 1 atom stereocenters. The van der Waals surface area contributed by atoms with Crippen molar-refractivity contribution >= 4 is 5.91 Å². The van der Waals surface area contributed by atoms with Gasteiger partial charge in [-0.1, -0.05) is 30.3 Å². The van der Waals surface area contributed by atoms with Crippen LogP contribution in [0.1, 0.15) is 47.6 Å². The first kappa shape index (κ1) is 21.3. The van der Waals surface area contributed by atoms with E-state index in [1.54, 1.807) is 6.07 Å². The molecule has 2 aromatic heterocycles. The lowest BCUT2D eigenvalue weighted by molar-refractivity contribution is 0.0487. The summed E-state index contributed by atoms with van der Waals surface area (Å²) in [6, 6.07) is 14.0. The zero-order valence-electron chi connectivity index (χ0n) is 18.4. The normalized spacial score (nSPS) is 16.1. The summed E-state index contributed by atoms with van der Waals surface area (Å²) in [5.74, 6) is 1.99. The molecule has 0 N–H and O–H groups in total. The first-order valence-electron chi connectivity index (χ1n) is 10.8. The van der Waals surface area contributed by atoms with Crippen molar-refractivity contribution in [1.82, 2.24) is 19.4 Å². The first-order valence-corrected chi connectivity index (χ1v) is 10.8. The molecule has 31 heavy (non-hydrogen) atoms.